The summed E-state index contributed by atoms with van der Waals surface area (Å²) in [6.45, 7) is 0. The summed E-state index contributed by atoms with van der Waals surface area (Å²) in [6, 6.07) is 14.4. The Morgan fingerprint density at radius 2 is 0.868 bits per heavy atom. The molecule has 0 unspecified atom stereocenters. The first-order chi connectivity index (χ1) is 18.1. The first kappa shape index (κ1) is 24.5. The molecule has 0 aliphatic carbocycles. The summed E-state index contributed by atoms with van der Waals surface area (Å²) >= 11 is 0. The van der Waals surface area contributed by atoms with Crippen LogP contribution in [0.3, 0.4) is 0 Å². The summed E-state index contributed by atoms with van der Waals surface area (Å²) in [4.78, 5) is 49.2. The monoisotopic (exact) mass is 520 g/mol. The fourth-order valence-corrected chi connectivity index (χ4v) is 3.85. The van der Waals surface area contributed by atoms with Gasteiger partial charge >= 0.3 is 6.18 Å². The highest BCUT2D eigenvalue weighted by molar-refractivity contribution is 6.28. The van der Waals surface area contributed by atoms with E-state index in [0.29, 0.717) is 0 Å². The number of carbonyl (C=O) groups is 4. The standard InChI is InChI=1S/C27H15F3N2O6/c28-27(29,30)26-20(37-18-8-4-16(5-9-18)31-22(33)12-13-23(31)34)2-1-3-21(26)38-19-10-6-17(7-11-19)32-24(35)14-15-25(32)36/h1-15H. The van der Waals surface area contributed by atoms with Crippen molar-refractivity contribution in [2.75, 3.05) is 9.80 Å². The lowest BCUT2D eigenvalue weighted by Crippen LogP contribution is -2.29. The molecule has 4 amide bonds. The van der Waals surface area contributed by atoms with Crippen LogP contribution in [0.5, 0.6) is 23.0 Å². The lowest BCUT2D eigenvalue weighted by molar-refractivity contribution is -0.139. The molecule has 2 heterocycles. The molecule has 2 aliphatic rings. The van der Waals surface area contributed by atoms with E-state index >= 15 is 0 Å². The lowest BCUT2D eigenvalue weighted by Gasteiger charge is -2.19. The molecule has 2 aliphatic heterocycles. The second-order valence-electron chi connectivity index (χ2n) is 8.01. The molecule has 11 heteroatoms. The molecule has 0 saturated carbocycles. The number of carbonyl (C=O) groups excluding carboxylic acids is 4. The number of anilines is 2. The smallest absolute Gasteiger partial charge is 0.423 e. The molecular weight excluding hydrogens is 505 g/mol. The third-order valence-electron chi connectivity index (χ3n) is 5.54. The van der Waals surface area contributed by atoms with E-state index in [9.17, 15) is 32.3 Å². The van der Waals surface area contributed by atoms with Crippen LogP contribution in [0.1, 0.15) is 5.56 Å². The zero-order chi connectivity index (χ0) is 27.0. The van der Waals surface area contributed by atoms with Gasteiger partial charge in [-0.2, -0.15) is 13.2 Å². The zero-order valence-corrected chi connectivity index (χ0v) is 19.1. The minimum atomic E-state index is -4.86. The molecule has 0 fully saturated rings. The molecular formula is C27H15F3N2O6. The van der Waals surface area contributed by atoms with Gasteiger partial charge in [0, 0.05) is 24.3 Å². The number of hydrogen-bond acceptors (Lipinski definition) is 6. The van der Waals surface area contributed by atoms with Gasteiger partial charge in [0.2, 0.25) is 0 Å². The molecule has 0 saturated heterocycles. The van der Waals surface area contributed by atoms with Gasteiger partial charge in [-0.15, -0.1) is 0 Å². The Labute approximate surface area is 212 Å². The molecule has 8 nitrogen and oxygen atoms in total. The summed E-state index contributed by atoms with van der Waals surface area (Å²) < 4.78 is 53.3. The van der Waals surface area contributed by atoms with Crippen LogP contribution < -0.4 is 19.3 Å². The van der Waals surface area contributed by atoms with E-state index in [4.69, 9.17) is 9.47 Å². The van der Waals surface area contributed by atoms with Crippen molar-refractivity contribution >= 4 is 35.0 Å². The predicted octanol–water partition coefficient (Wildman–Crippen LogP) is 5.15. The molecule has 190 valence electrons. The molecule has 0 N–H and O–H groups in total. The lowest BCUT2D eigenvalue weighted by atomic mass is 10.1. The Morgan fingerprint density at radius 1 is 0.526 bits per heavy atom. The van der Waals surface area contributed by atoms with Gasteiger partial charge in [-0.1, -0.05) is 6.07 Å². The van der Waals surface area contributed by atoms with Crippen LogP contribution in [-0.2, 0) is 25.4 Å². The number of halogens is 3. The maximum atomic E-state index is 14.1. The summed E-state index contributed by atoms with van der Waals surface area (Å²) in [5.41, 5.74) is -0.694. The van der Waals surface area contributed by atoms with E-state index < -0.39 is 46.9 Å². The Bertz CT molecular complexity index is 1380. The zero-order valence-electron chi connectivity index (χ0n) is 19.1. The van der Waals surface area contributed by atoms with E-state index in [1.807, 2.05) is 0 Å². The van der Waals surface area contributed by atoms with Crippen molar-refractivity contribution in [1.29, 1.82) is 0 Å². The number of benzene rings is 3. The molecule has 5 rings (SSSR count). The van der Waals surface area contributed by atoms with Crippen LogP contribution in [0.2, 0.25) is 0 Å². The van der Waals surface area contributed by atoms with Crippen molar-refractivity contribution in [2.24, 2.45) is 0 Å². The van der Waals surface area contributed by atoms with Crippen LogP contribution >= 0.6 is 0 Å². The molecule has 0 radical (unpaired) electrons. The largest absolute Gasteiger partial charge is 0.457 e. The maximum Gasteiger partial charge on any atom is 0.423 e. The van der Waals surface area contributed by atoms with Gasteiger partial charge in [-0.25, -0.2) is 9.80 Å². The van der Waals surface area contributed by atoms with E-state index in [2.05, 4.69) is 0 Å². The normalized spacial score (nSPS) is 15.1. The topological polar surface area (TPSA) is 93.2 Å². The first-order valence-electron chi connectivity index (χ1n) is 11.0. The number of rotatable bonds is 6. The van der Waals surface area contributed by atoms with Gasteiger partial charge in [0.05, 0.1) is 11.4 Å². The average molecular weight is 520 g/mol. The van der Waals surface area contributed by atoms with Gasteiger partial charge in [-0.3, -0.25) is 19.2 Å². The number of imide groups is 2. The van der Waals surface area contributed by atoms with Crippen molar-refractivity contribution in [3.63, 3.8) is 0 Å². The van der Waals surface area contributed by atoms with Crippen LogP contribution in [0, 0.1) is 0 Å². The number of hydrogen-bond donors (Lipinski definition) is 0. The molecule has 0 atom stereocenters. The van der Waals surface area contributed by atoms with Gasteiger partial charge < -0.3 is 9.47 Å². The summed E-state index contributed by atoms with van der Waals surface area (Å²) in [7, 11) is 0. The highest BCUT2D eigenvalue weighted by atomic mass is 19.4. The average Bonchev–Trinajstić information content (AvgIpc) is 3.39. The second kappa shape index (κ2) is 9.36. The van der Waals surface area contributed by atoms with E-state index in [1.165, 1.54) is 54.6 Å². The Hall–Kier alpha value is -5.19. The minimum absolute atomic E-state index is 0.0290. The molecule has 0 aromatic heterocycles. The van der Waals surface area contributed by atoms with Crippen LogP contribution in [0.15, 0.2) is 91.0 Å². The fourth-order valence-electron chi connectivity index (χ4n) is 3.85. The van der Waals surface area contributed by atoms with Gasteiger partial charge in [-0.05, 0) is 60.7 Å². The van der Waals surface area contributed by atoms with Crippen LogP contribution in [0.25, 0.3) is 0 Å². The summed E-state index contributed by atoms with van der Waals surface area (Å²) in [6.07, 6.45) is -0.395. The van der Waals surface area contributed by atoms with Crippen LogP contribution in [0.4, 0.5) is 24.5 Å². The number of ether oxygens (including phenoxy) is 2. The highest BCUT2D eigenvalue weighted by Gasteiger charge is 2.39. The van der Waals surface area contributed by atoms with Crippen molar-refractivity contribution in [3.05, 3.63) is 96.6 Å². The third kappa shape index (κ3) is 4.64. The van der Waals surface area contributed by atoms with Gasteiger partial charge in [0.15, 0.2) is 0 Å². The Morgan fingerprint density at radius 3 is 1.18 bits per heavy atom. The number of amides is 4. The van der Waals surface area contributed by atoms with Crippen molar-refractivity contribution in [1.82, 2.24) is 0 Å². The molecule has 0 bridgehead atoms. The van der Waals surface area contributed by atoms with Crippen LogP contribution in [-0.4, -0.2) is 23.6 Å². The Balaban J connectivity index is 1.39. The third-order valence-corrected chi connectivity index (χ3v) is 5.54. The molecule has 0 spiro atoms. The SMILES string of the molecule is O=C1C=CC(=O)N1c1ccc(Oc2cccc(Oc3ccc(N4C(=O)C=CC4=O)cc3)c2C(F)(F)F)cc1. The number of nitrogens with zero attached hydrogens (tertiary/aromatic N) is 2. The number of alkyl halides is 3. The van der Waals surface area contributed by atoms with E-state index in [1.54, 1.807) is 0 Å². The van der Waals surface area contributed by atoms with Crippen molar-refractivity contribution in [2.45, 2.75) is 6.18 Å². The molecule has 38 heavy (non-hydrogen) atoms. The van der Waals surface area contributed by atoms with Gasteiger partial charge in [0.25, 0.3) is 23.6 Å². The van der Waals surface area contributed by atoms with E-state index in [-0.39, 0.29) is 22.9 Å². The molecule has 3 aromatic carbocycles. The maximum absolute atomic E-state index is 14.1. The van der Waals surface area contributed by atoms with Crippen molar-refractivity contribution < 1.29 is 41.8 Å². The Kier molecular flexibility index (Phi) is 6.03. The fraction of sp³-hybridized carbons (Fsp3) is 0.0370. The van der Waals surface area contributed by atoms with E-state index in [0.717, 1.165) is 46.2 Å². The van der Waals surface area contributed by atoms with Crippen molar-refractivity contribution in [3.8, 4) is 23.0 Å². The predicted molar refractivity (Wildman–Crippen MR) is 128 cm³/mol. The quantitative estimate of drug-likeness (QED) is 0.418. The van der Waals surface area contributed by atoms with Gasteiger partial charge in [0.1, 0.15) is 28.6 Å². The summed E-state index contributed by atoms with van der Waals surface area (Å²) in [5.74, 6) is -3.13. The summed E-state index contributed by atoms with van der Waals surface area (Å²) in [5, 5.41) is 0. The first-order valence-corrected chi connectivity index (χ1v) is 11.0. The molecule has 3 aromatic rings. The second-order valence-corrected chi connectivity index (χ2v) is 8.01. The minimum Gasteiger partial charge on any atom is -0.457 e. The highest BCUT2D eigenvalue weighted by Crippen LogP contribution is 2.45.